The van der Waals surface area contributed by atoms with E-state index < -0.39 is 0 Å². The molecule has 3 fully saturated rings. The van der Waals surface area contributed by atoms with Crippen molar-refractivity contribution >= 4 is 11.3 Å². The molecule has 2 bridgehead atoms. The molecule has 0 N–H and O–H groups in total. The average molecular weight is 293 g/mol. The predicted molar refractivity (Wildman–Crippen MR) is 80.0 cm³/mol. The van der Waals surface area contributed by atoms with E-state index in [1.807, 2.05) is 0 Å². The van der Waals surface area contributed by atoms with Gasteiger partial charge in [-0.3, -0.25) is 4.90 Å². The van der Waals surface area contributed by atoms with Crippen LogP contribution in [0.3, 0.4) is 0 Å². The molecule has 0 aromatic carbocycles. The molecule has 0 spiro atoms. The van der Waals surface area contributed by atoms with Gasteiger partial charge in [0.2, 0.25) is 0 Å². The van der Waals surface area contributed by atoms with Crippen molar-refractivity contribution in [3.05, 3.63) is 22.4 Å². The van der Waals surface area contributed by atoms with Crippen molar-refractivity contribution in [1.82, 2.24) is 4.90 Å². The van der Waals surface area contributed by atoms with Gasteiger partial charge in [0.25, 0.3) is 0 Å². The van der Waals surface area contributed by atoms with Gasteiger partial charge in [0.05, 0.1) is 18.8 Å². The smallest absolute Gasteiger partial charge is 0.0991 e. The summed E-state index contributed by atoms with van der Waals surface area (Å²) >= 11 is 1.79. The first kappa shape index (κ1) is 13.3. The first-order chi connectivity index (χ1) is 9.90. The van der Waals surface area contributed by atoms with E-state index in [4.69, 9.17) is 9.47 Å². The summed E-state index contributed by atoms with van der Waals surface area (Å²) in [7, 11) is 0. The van der Waals surface area contributed by atoms with Gasteiger partial charge in [-0.25, -0.2) is 0 Å². The SMILES string of the molecule is c1cc(CN2CCOC3CCC2C3OCC2CC2)cs1. The standard InChI is InChI=1S/C16H23NO2S/c1-2-12(1)10-19-16-14-3-4-15(16)18-7-6-17(14)9-13-5-8-20-11-13/h5,8,11-12,14-16H,1-4,6-7,9-10H2. The van der Waals surface area contributed by atoms with E-state index in [0.717, 1.165) is 32.2 Å². The number of hydrogen-bond donors (Lipinski definition) is 0. The van der Waals surface area contributed by atoms with Gasteiger partial charge >= 0.3 is 0 Å². The molecule has 0 amide bonds. The summed E-state index contributed by atoms with van der Waals surface area (Å²) in [6, 6.07) is 2.80. The lowest BCUT2D eigenvalue weighted by Crippen LogP contribution is -2.43. The van der Waals surface area contributed by atoms with Crippen LogP contribution < -0.4 is 0 Å². The zero-order valence-corrected chi connectivity index (χ0v) is 12.7. The lowest BCUT2D eigenvalue weighted by molar-refractivity contribution is -0.0572. The van der Waals surface area contributed by atoms with Gasteiger partial charge in [0, 0.05) is 25.7 Å². The lowest BCUT2D eigenvalue weighted by Gasteiger charge is -2.31. The molecule has 1 aromatic heterocycles. The van der Waals surface area contributed by atoms with Crippen LogP contribution in [0.4, 0.5) is 0 Å². The molecule has 1 aromatic rings. The van der Waals surface area contributed by atoms with E-state index in [1.165, 1.54) is 31.2 Å². The van der Waals surface area contributed by atoms with Crippen LogP contribution in [-0.4, -0.2) is 42.9 Å². The first-order valence-electron chi connectivity index (χ1n) is 7.88. The van der Waals surface area contributed by atoms with Crippen LogP contribution in [0, 0.1) is 5.92 Å². The Kier molecular flexibility index (Phi) is 3.82. The summed E-state index contributed by atoms with van der Waals surface area (Å²) in [6.07, 6.45) is 5.76. The molecule has 2 saturated carbocycles. The molecule has 3 nitrogen and oxygen atoms in total. The van der Waals surface area contributed by atoms with E-state index in [9.17, 15) is 0 Å². The molecule has 2 aliphatic carbocycles. The van der Waals surface area contributed by atoms with Crippen LogP contribution in [0.15, 0.2) is 16.8 Å². The highest BCUT2D eigenvalue weighted by Gasteiger charge is 2.43. The van der Waals surface area contributed by atoms with Crippen molar-refractivity contribution in [1.29, 1.82) is 0 Å². The van der Waals surface area contributed by atoms with Crippen molar-refractivity contribution in [2.45, 2.75) is 50.5 Å². The summed E-state index contributed by atoms with van der Waals surface area (Å²) in [6.45, 7) is 3.90. The van der Waals surface area contributed by atoms with Gasteiger partial charge in [-0.15, -0.1) is 0 Å². The molecular weight excluding hydrogens is 270 g/mol. The number of fused-ring (bicyclic) bond motifs is 2. The normalized spacial score (nSPS) is 34.3. The molecular formula is C16H23NO2S. The van der Waals surface area contributed by atoms with E-state index in [0.29, 0.717) is 18.2 Å². The zero-order valence-electron chi connectivity index (χ0n) is 11.9. The maximum Gasteiger partial charge on any atom is 0.0991 e. The molecule has 3 unspecified atom stereocenters. The Morgan fingerprint density at radius 2 is 2.25 bits per heavy atom. The second-order valence-electron chi connectivity index (χ2n) is 6.40. The van der Waals surface area contributed by atoms with Gasteiger partial charge in [0.15, 0.2) is 0 Å². The lowest BCUT2D eigenvalue weighted by atomic mass is 10.1. The maximum atomic E-state index is 6.26. The first-order valence-corrected chi connectivity index (χ1v) is 8.83. The Labute approximate surface area is 124 Å². The third-order valence-electron chi connectivity index (χ3n) is 4.86. The van der Waals surface area contributed by atoms with E-state index >= 15 is 0 Å². The summed E-state index contributed by atoms with van der Waals surface area (Å²) in [5, 5.41) is 4.43. The number of nitrogens with zero attached hydrogens (tertiary/aromatic N) is 1. The average Bonchev–Trinajstić information content (AvgIpc) is 3.00. The minimum Gasteiger partial charge on any atom is -0.374 e. The van der Waals surface area contributed by atoms with Crippen molar-refractivity contribution in [3.63, 3.8) is 0 Å². The number of rotatable bonds is 5. The van der Waals surface area contributed by atoms with Crippen LogP contribution in [0.5, 0.6) is 0 Å². The van der Waals surface area contributed by atoms with Crippen molar-refractivity contribution in [2.24, 2.45) is 5.92 Å². The van der Waals surface area contributed by atoms with Crippen molar-refractivity contribution in [3.8, 4) is 0 Å². The quantitative estimate of drug-likeness (QED) is 0.833. The molecule has 4 rings (SSSR count). The highest BCUT2D eigenvalue weighted by molar-refractivity contribution is 7.07. The highest BCUT2D eigenvalue weighted by atomic mass is 32.1. The Hall–Kier alpha value is -0.420. The predicted octanol–water partition coefficient (Wildman–Crippen LogP) is 2.91. The van der Waals surface area contributed by atoms with Crippen LogP contribution in [-0.2, 0) is 16.0 Å². The maximum absolute atomic E-state index is 6.26. The third-order valence-corrected chi connectivity index (χ3v) is 5.59. The molecule has 4 heteroatoms. The fourth-order valence-electron chi connectivity index (χ4n) is 3.53. The number of hydrogen-bond acceptors (Lipinski definition) is 4. The largest absolute Gasteiger partial charge is 0.374 e. The third kappa shape index (κ3) is 2.80. The molecule has 2 heterocycles. The minimum absolute atomic E-state index is 0.303. The van der Waals surface area contributed by atoms with Crippen LogP contribution in [0.2, 0.25) is 0 Å². The summed E-state index contributed by atoms with van der Waals surface area (Å²) in [5.41, 5.74) is 1.43. The molecule has 20 heavy (non-hydrogen) atoms. The summed E-state index contributed by atoms with van der Waals surface area (Å²) in [5.74, 6) is 0.836. The Morgan fingerprint density at radius 3 is 3.05 bits per heavy atom. The van der Waals surface area contributed by atoms with Gasteiger partial charge in [-0.05, 0) is 54.0 Å². The molecule has 3 aliphatic rings. The molecule has 1 aliphatic heterocycles. The molecule has 110 valence electrons. The fraction of sp³-hybridized carbons (Fsp3) is 0.750. The molecule has 0 radical (unpaired) electrons. The second-order valence-corrected chi connectivity index (χ2v) is 7.18. The Bertz CT molecular complexity index is 432. The Balaban J connectivity index is 1.44. The van der Waals surface area contributed by atoms with E-state index in [2.05, 4.69) is 21.7 Å². The van der Waals surface area contributed by atoms with Crippen LogP contribution in [0.1, 0.15) is 31.2 Å². The van der Waals surface area contributed by atoms with Crippen molar-refractivity contribution in [2.75, 3.05) is 19.8 Å². The topological polar surface area (TPSA) is 21.7 Å². The molecule has 3 atom stereocenters. The highest BCUT2D eigenvalue weighted by Crippen LogP contribution is 2.35. The Morgan fingerprint density at radius 1 is 1.30 bits per heavy atom. The zero-order chi connectivity index (χ0) is 13.4. The summed E-state index contributed by atoms with van der Waals surface area (Å²) in [4.78, 5) is 2.59. The second kappa shape index (κ2) is 5.76. The number of thiophene rings is 1. The van der Waals surface area contributed by atoms with Crippen LogP contribution in [0.25, 0.3) is 0 Å². The van der Waals surface area contributed by atoms with Gasteiger partial charge in [-0.2, -0.15) is 11.3 Å². The van der Waals surface area contributed by atoms with E-state index in [1.54, 1.807) is 11.3 Å². The van der Waals surface area contributed by atoms with Crippen LogP contribution >= 0.6 is 11.3 Å². The fourth-order valence-corrected chi connectivity index (χ4v) is 4.19. The van der Waals surface area contributed by atoms with Gasteiger partial charge in [-0.1, -0.05) is 0 Å². The van der Waals surface area contributed by atoms with Gasteiger partial charge < -0.3 is 9.47 Å². The van der Waals surface area contributed by atoms with Crippen molar-refractivity contribution < 1.29 is 9.47 Å². The number of ether oxygens (including phenoxy) is 2. The molecule has 1 saturated heterocycles. The minimum atomic E-state index is 0.303. The summed E-state index contributed by atoms with van der Waals surface area (Å²) < 4.78 is 12.3. The van der Waals surface area contributed by atoms with E-state index in [-0.39, 0.29) is 0 Å². The monoisotopic (exact) mass is 293 g/mol. The van der Waals surface area contributed by atoms with Gasteiger partial charge in [0.1, 0.15) is 0 Å².